The van der Waals surface area contributed by atoms with Crippen LogP contribution >= 0.6 is 0 Å². The number of hydrogen-bond donors (Lipinski definition) is 2. The predicted molar refractivity (Wildman–Crippen MR) is 61.8 cm³/mol. The maximum Gasteiger partial charge on any atom is 0.191 e. The molecule has 0 aliphatic heterocycles. The van der Waals surface area contributed by atoms with Gasteiger partial charge in [-0.15, -0.1) is 10.2 Å². The normalized spacial score (nSPS) is 27.9. The fourth-order valence-electron chi connectivity index (χ4n) is 2.52. The summed E-state index contributed by atoms with van der Waals surface area (Å²) in [5.74, 6) is 1.70. The lowest BCUT2D eigenvalue weighted by atomic mass is 9.84. The van der Waals surface area contributed by atoms with Gasteiger partial charge in [-0.3, -0.25) is 0 Å². The summed E-state index contributed by atoms with van der Waals surface area (Å²) in [4.78, 5) is 0. The Morgan fingerprint density at radius 1 is 1.38 bits per heavy atom. The summed E-state index contributed by atoms with van der Waals surface area (Å²) in [6.45, 7) is 4.39. The second kappa shape index (κ2) is 5.39. The smallest absolute Gasteiger partial charge is 0.191 e. The highest BCUT2D eigenvalue weighted by Crippen LogP contribution is 2.27. The maximum absolute atomic E-state index is 4.00. The van der Waals surface area contributed by atoms with Gasteiger partial charge in [0.15, 0.2) is 5.82 Å². The van der Waals surface area contributed by atoms with Gasteiger partial charge in [-0.2, -0.15) is 5.21 Å². The predicted octanol–water partition coefficient (Wildman–Crippen LogP) is 1.82. The van der Waals surface area contributed by atoms with Crippen LogP contribution in [-0.4, -0.2) is 26.7 Å². The molecule has 1 aromatic rings. The highest BCUT2D eigenvalue weighted by molar-refractivity contribution is 4.89. The molecule has 0 spiro atoms. The zero-order chi connectivity index (χ0) is 11.4. The molecule has 5 heteroatoms. The third-order valence-corrected chi connectivity index (χ3v) is 3.66. The molecule has 1 aromatic heterocycles. The molecule has 16 heavy (non-hydrogen) atoms. The van der Waals surface area contributed by atoms with Crippen LogP contribution < -0.4 is 5.32 Å². The van der Waals surface area contributed by atoms with Gasteiger partial charge in [-0.25, -0.2) is 0 Å². The van der Waals surface area contributed by atoms with Crippen molar-refractivity contribution in [3.05, 3.63) is 5.82 Å². The Morgan fingerprint density at radius 2 is 2.12 bits per heavy atom. The van der Waals surface area contributed by atoms with Crippen molar-refractivity contribution in [2.45, 2.75) is 58.0 Å². The Bertz CT molecular complexity index is 289. The Hall–Kier alpha value is -0.970. The van der Waals surface area contributed by atoms with Crippen molar-refractivity contribution in [3.8, 4) is 0 Å². The van der Waals surface area contributed by atoms with E-state index in [0.29, 0.717) is 6.04 Å². The van der Waals surface area contributed by atoms with Crippen LogP contribution in [0, 0.1) is 5.92 Å². The lowest BCUT2D eigenvalue weighted by Crippen LogP contribution is -2.35. The molecular formula is C11H21N5. The van der Waals surface area contributed by atoms with Crippen LogP contribution in [0.1, 0.15) is 57.8 Å². The van der Waals surface area contributed by atoms with Crippen LogP contribution in [0.5, 0.6) is 0 Å². The van der Waals surface area contributed by atoms with Crippen LogP contribution in [0.3, 0.4) is 0 Å². The first-order valence-electron chi connectivity index (χ1n) is 6.29. The topological polar surface area (TPSA) is 66.5 Å². The fraction of sp³-hybridized carbons (Fsp3) is 0.909. The van der Waals surface area contributed by atoms with Gasteiger partial charge in [0.05, 0.1) is 6.04 Å². The average Bonchev–Trinajstić information content (AvgIpc) is 2.83. The third kappa shape index (κ3) is 2.78. The zero-order valence-electron chi connectivity index (χ0n) is 10.1. The van der Waals surface area contributed by atoms with Crippen LogP contribution in [0.4, 0.5) is 0 Å². The van der Waals surface area contributed by atoms with Crippen LogP contribution in [0.25, 0.3) is 0 Å². The number of tetrazole rings is 1. The van der Waals surface area contributed by atoms with E-state index in [1.807, 2.05) is 0 Å². The highest BCUT2D eigenvalue weighted by Gasteiger charge is 2.22. The van der Waals surface area contributed by atoms with Crippen molar-refractivity contribution in [1.29, 1.82) is 0 Å². The van der Waals surface area contributed by atoms with Gasteiger partial charge in [-0.05, 0) is 38.5 Å². The fourth-order valence-corrected chi connectivity index (χ4v) is 2.52. The molecule has 1 unspecified atom stereocenters. The van der Waals surface area contributed by atoms with E-state index in [9.17, 15) is 0 Å². The first-order chi connectivity index (χ1) is 7.79. The third-order valence-electron chi connectivity index (χ3n) is 3.66. The molecule has 5 nitrogen and oxygen atoms in total. The van der Waals surface area contributed by atoms with E-state index >= 15 is 0 Å². The molecule has 1 aliphatic rings. The number of nitrogens with zero attached hydrogens (tertiary/aromatic N) is 3. The van der Waals surface area contributed by atoms with Crippen molar-refractivity contribution in [3.63, 3.8) is 0 Å². The highest BCUT2D eigenvalue weighted by atomic mass is 15.5. The van der Waals surface area contributed by atoms with Gasteiger partial charge < -0.3 is 5.32 Å². The van der Waals surface area contributed by atoms with E-state index in [4.69, 9.17) is 0 Å². The standard InChI is InChI=1S/C11H21N5/c1-3-9-4-6-10(7-5-9)12-8(2)11-13-15-16-14-11/h8-10,12H,3-7H2,1-2H3,(H,13,14,15,16). The molecule has 1 heterocycles. The first kappa shape index (κ1) is 11.5. The number of aromatic amines is 1. The summed E-state index contributed by atoms with van der Waals surface area (Å²) in [5, 5.41) is 17.7. The van der Waals surface area contributed by atoms with Crippen LogP contribution in [0.2, 0.25) is 0 Å². The molecular weight excluding hydrogens is 202 g/mol. The maximum atomic E-state index is 4.00. The molecule has 1 saturated carbocycles. The Labute approximate surface area is 96.4 Å². The molecule has 1 aliphatic carbocycles. The second-order valence-corrected chi connectivity index (χ2v) is 4.78. The van der Waals surface area contributed by atoms with Gasteiger partial charge in [0.25, 0.3) is 0 Å². The minimum absolute atomic E-state index is 0.196. The number of aromatic nitrogens is 4. The van der Waals surface area contributed by atoms with E-state index in [1.54, 1.807) is 0 Å². The zero-order valence-corrected chi connectivity index (χ0v) is 10.1. The van der Waals surface area contributed by atoms with E-state index in [0.717, 1.165) is 11.7 Å². The SMILES string of the molecule is CCC1CCC(NC(C)c2nn[nH]n2)CC1. The van der Waals surface area contributed by atoms with Gasteiger partial charge in [0.2, 0.25) is 0 Å². The van der Waals surface area contributed by atoms with Gasteiger partial charge in [0, 0.05) is 6.04 Å². The quantitative estimate of drug-likeness (QED) is 0.817. The van der Waals surface area contributed by atoms with Gasteiger partial charge in [0.1, 0.15) is 0 Å². The Morgan fingerprint density at radius 3 is 2.69 bits per heavy atom. The molecule has 0 radical (unpaired) electrons. The van der Waals surface area contributed by atoms with E-state index in [-0.39, 0.29) is 6.04 Å². The Kier molecular flexibility index (Phi) is 3.88. The van der Waals surface area contributed by atoms with E-state index in [2.05, 4.69) is 39.8 Å². The number of H-pyrrole nitrogens is 1. The molecule has 0 amide bonds. The summed E-state index contributed by atoms with van der Waals surface area (Å²) in [7, 11) is 0. The summed E-state index contributed by atoms with van der Waals surface area (Å²) >= 11 is 0. The lowest BCUT2D eigenvalue weighted by molar-refractivity contribution is 0.271. The number of rotatable bonds is 4. The first-order valence-corrected chi connectivity index (χ1v) is 6.29. The van der Waals surface area contributed by atoms with E-state index in [1.165, 1.54) is 32.1 Å². The lowest BCUT2D eigenvalue weighted by Gasteiger charge is -2.30. The van der Waals surface area contributed by atoms with Gasteiger partial charge in [-0.1, -0.05) is 18.6 Å². The van der Waals surface area contributed by atoms with Crippen LogP contribution in [-0.2, 0) is 0 Å². The number of nitrogens with one attached hydrogen (secondary N) is 2. The second-order valence-electron chi connectivity index (χ2n) is 4.78. The molecule has 2 rings (SSSR count). The molecule has 2 N–H and O–H groups in total. The van der Waals surface area contributed by atoms with Crippen molar-refractivity contribution >= 4 is 0 Å². The summed E-state index contributed by atoms with van der Waals surface area (Å²) in [6, 6.07) is 0.818. The number of hydrogen-bond acceptors (Lipinski definition) is 4. The molecule has 0 saturated heterocycles. The van der Waals surface area contributed by atoms with Crippen molar-refractivity contribution in [2.24, 2.45) is 5.92 Å². The van der Waals surface area contributed by atoms with E-state index < -0.39 is 0 Å². The average molecular weight is 223 g/mol. The largest absolute Gasteiger partial charge is 0.305 e. The summed E-state index contributed by atoms with van der Waals surface area (Å²) in [6.07, 6.45) is 6.59. The van der Waals surface area contributed by atoms with Crippen LogP contribution in [0.15, 0.2) is 0 Å². The van der Waals surface area contributed by atoms with Crippen molar-refractivity contribution < 1.29 is 0 Å². The summed E-state index contributed by atoms with van der Waals surface area (Å²) in [5.41, 5.74) is 0. The Balaban J connectivity index is 1.78. The van der Waals surface area contributed by atoms with Crippen molar-refractivity contribution in [2.75, 3.05) is 0 Å². The molecule has 0 bridgehead atoms. The molecule has 1 atom stereocenters. The minimum atomic E-state index is 0.196. The van der Waals surface area contributed by atoms with Crippen molar-refractivity contribution in [1.82, 2.24) is 25.9 Å². The summed E-state index contributed by atoms with van der Waals surface area (Å²) < 4.78 is 0. The molecule has 0 aromatic carbocycles. The molecule has 1 fully saturated rings. The minimum Gasteiger partial charge on any atom is -0.305 e. The van der Waals surface area contributed by atoms with Gasteiger partial charge >= 0.3 is 0 Å². The monoisotopic (exact) mass is 223 g/mol. The molecule has 90 valence electrons.